The van der Waals surface area contributed by atoms with Gasteiger partial charge >= 0.3 is 6.01 Å². The minimum absolute atomic E-state index is 0.236. The largest absolute Gasteiger partial charge is 0.494 e. The highest BCUT2D eigenvalue weighted by atomic mass is 35.5. The molecule has 9 heteroatoms. The molecule has 0 fully saturated rings. The van der Waals surface area contributed by atoms with Gasteiger partial charge in [0.1, 0.15) is 16.5 Å². The van der Waals surface area contributed by atoms with Crippen molar-refractivity contribution in [2.75, 3.05) is 23.5 Å². The summed E-state index contributed by atoms with van der Waals surface area (Å²) < 4.78 is 10.9. The minimum Gasteiger partial charge on any atom is -0.494 e. The second-order valence-corrected chi connectivity index (χ2v) is 6.23. The van der Waals surface area contributed by atoms with E-state index in [0.717, 1.165) is 5.76 Å². The van der Waals surface area contributed by atoms with Crippen LogP contribution in [0.2, 0.25) is 5.02 Å². The number of hydrogen-bond donors (Lipinski definition) is 3. The summed E-state index contributed by atoms with van der Waals surface area (Å²) in [5, 5.41) is 6.39. The van der Waals surface area contributed by atoms with Crippen molar-refractivity contribution in [1.82, 2.24) is 15.0 Å². The van der Waals surface area contributed by atoms with Gasteiger partial charge in [-0.25, -0.2) is 9.97 Å². The number of nitrogen functional groups attached to an aromatic ring is 1. The molecule has 136 valence electrons. The van der Waals surface area contributed by atoms with Crippen LogP contribution in [-0.4, -0.2) is 22.1 Å². The maximum atomic E-state index is 6.20. The first-order chi connectivity index (χ1) is 12.5. The van der Waals surface area contributed by atoms with Crippen molar-refractivity contribution in [3.8, 4) is 5.75 Å². The van der Waals surface area contributed by atoms with E-state index in [4.69, 9.17) is 26.5 Å². The van der Waals surface area contributed by atoms with Crippen LogP contribution in [0.4, 0.5) is 29.2 Å². The summed E-state index contributed by atoms with van der Waals surface area (Å²) in [6.45, 7) is 4.04. The number of halogens is 1. The maximum Gasteiger partial charge on any atom is 0.301 e. The first-order valence-electron chi connectivity index (χ1n) is 7.92. The summed E-state index contributed by atoms with van der Waals surface area (Å²) in [6.07, 6.45) is 3.15. The molecule has 26 heavy (non-hydrogen) atoms. The summed E-state index contributed by atoms with van der Waals surface area (Å²) >= 11 is 6.20. The zero-order valence-corrected chi connectivity index (χ0v) is 15.3. The van der Waals surface area contributed by atoms with E-state index in [2.05, 4.69) is 25.6 Å². The SMILES string of the molecule is COc1cc(N)ccc1Nc1nc(Nc2ncc(C(C)C)o2)ncc1Cl. The Balaban J connectivity index is 1.83. The van der Waals surface area contributed by atoms with Crippen LogP contribution in [0.1, 0.15) is 25.5 Å². The smallest absolute Gasteiger partial charge is 0.301 e. The van der Waals surface area contributed by atoms with Crippen molar-refractivity contribution in [2.24, 2.45) is 0 Å². The van der Waals surface area contributed by atoms with Gasteiger partial charge in [0.15, 0.2) is 5.82 Å². The van der Waals surface area contributed by atoms with E-state index in [-0.39, 0.29) is 5.92 Å². The van der Waals surface area contributed by atoms with Gasteiger partial charge in [0.25, 0.3) is 0 Å². The summed E-state index contributed by atoms with van der Waals surface area (Å²) in [7, 11) is 1.56. The first-order valence-corrected chi connectivity index (χ1v) is 8.30. The van der Waals surface area contributed by atoms with Gasteiger partial charge in [0.2, 0.25) is 5.95 Å². The molecule has 1 aromatic carbocycles. The van der Waals surface area contributed by atoms with E-state index in [9.17, 15) is 0 Å². The Labute approximate surface area is 155 Å². The zero-order chi connectivity index (χ0) is 18.7. The molecule has 2 heterocycles. The van der Waals surface area contributed by atoms with Gasteiger partial charge in [-0.3, -0.25) is 5.32 Å². The Bertz CT molecular complexity index is 912. The Kier molecular flexibility index (Phi) is 5.13. The van der Waals surface area contributed by atoms with E-state index in [1.165, 1.54) is 6.20 Å². The maximum absolute atomic E-state index is 6.20. The zero-order valence-electron chi connectivity index (χ0n) is 14.6. The normalized spacial score (nSPS) is 10.8. The molecule has 0 radical (unpaired) electrons. The van der Waals surface area contributed by atoms with Crippen molar-refractivity contribution in [3.05, 3.63) is 41.4 Å². The number of nitrogens with one attached hydrogen (secondary N) is 2. The number of oxazole rings is 1. The molecular weight excluding hydrogens is 356 g/mol. The summed E-state index contributed by atoms with van der Waals surface area (Å²) in [5.41, 5.74) is 7.04. The molecule has 8 nitrogen and oxygen atoms in total. The van der Waals surface area contributed by atoms with E-state index in [1.54, 1.807) is 31.5 Å². The monoisotopic (exact) mass is 374 g/mol. The van der Waals surface area contributed by atoms with Gasteiger partial charge in [-0.05, 0) is 12.1 Å². The second kappa shape index (κ2) is 7.49. The van der Waals surface area contributed by atoms with E-state index in [0.29, 0.717) is 39.9 Å². The minimum atomic E-state index is 0.236. The average Bonchev–Trinajstić information content (AvgIpc) is 3.08. The fraction of sp³-hybridized carbons (Fsp3) is 0.235. The number of aromatic nitrogens is 3. The van der Waals surface area contributed by atoms with Gasteiger partial charge in [0.05, 0.1) is 25.2 Å². The molecule has 0 saturated carbocycles. The van der Waals surface area contributed by atoms with Gasteiger partial charge in [-0.15, -0.1) is 0 Å². The van der Waals surface area contributed by atoms with Gasteiger partial charge < -0.3 is 20.2 Å². The van der Waals surface area contributed by atoms with E-state index >= 15 is 0 Å². The van der Waals surface area contributed by atoms with Crippen molar-refractivity contribution < 1.29 is 9.15 Å². The molecule has 0 spiro atoms. The molecule has 0 aliphatic carbocycles. The molecular formula is C17H19ClN6O2. The molecule has 0 amide bonds. The quantitative estimate of drug-likeness (QED) is 0.547. The number of hydrogen-bond acceptors (Lipinski definition) is 8. The standard InChI is InChI=1S/C17H19ClN6O2/c1-9(2)14-8-21-17(26-14)24-16-20-7-11(18)15(23-16)22-12-5-4-10(19)6-13(12)25-3/h4-9H,19H2,1-3H3,(H2,20,21,22,23,24). The predicted octanol–water partition coefficient (Wildman–Crippen LogP) is 4.32. The number of nitrogens with zero attached hydrogens (tertiary/aromatic N) is 3. The van der Waals surface area contributed by atoms with Crippen LogP contribution in [0.5, 0.6) is 5.75 Å². The Morgan fingerprint density at radius 3 is 2.69 bits per heavy atom. The highest BCUT2D eigenvalue weighted by Gasteiger charge is 2.12. The van der Waals surface area contributed by atoms with Gasteiger partial charge in [-0.2, -0.15) is 4.98 Å². The average molecular weight is 375 g/mol. The Morgan fingerprint density at radius 2 is 2.00 bits per heavy atom. The van der Waals surface area contributed by atoms with Crippen LogP contribution >= 0.6 is 11.6 Å². The van der Waals surface area contributed by atoms with Gasteiger partial charge in [0, 0.05) is 17.7 Å². The number of benzene rings is 1. The lowest BCUT2D eigenvalue weighted by atomic mass is 10.2. The van der Waals surface area contributed by atoms with Crippen LogP contribution in [0.15, 0.2) is 35.0 Å². The van der Waals surface area contributed by atoms with Crippen molar-refractivity contribution in [3.63, 3.8) is 0 Å². The second-order valence-electron chi connectivity index (χ2n) is 5.82. The van der Waals surface area contributed by atoms with Crippen LogP contribution in [0, 0.1) is 0 Å². The summed E-state index contributed by atoms with van der Waals surface area (Å²) in [5.74, 6) is 2.28. The Hall–Kier alpha value is -3.00. The van der Waals surface area contributed by atoms with Crippen molar-refractivity contribution >= 4 is 40.8 Å². The molecule has 0 saturated heterocycles. The van der Waals surface area contributed by atoms with Crippen molar-refractivity contribution in [2.45, 2.75) is 19.8 Å². The highest BCUT2D eigenvalue weighted by Crippen LogP contribution is 2.32. The number of nitrogens with two attached hydrogens (primary N) is 1. The molecule has 0 bridgehead atoms. The fourth-order valence-electron chi connectivity index (χ4n) is 2.16. The molecule has 0 aliphatic heterocycles. The fourth-order valence-corrected chi connectivity index (χ4v) is 2.30. The highest BCUT2D eigenvalue weighted by molar-refractivity contribution is 6.32. The van der Waals surface area contributed by atoms with Crippen LogP contribution in [0.25, 0.3) is 0 Å². The van der Waals surface area contributed by atoms with Crippen molar-refractivity contribution in [1.29, 1.82) is 0 Å². The van der Waals surface area contributed by atoms with E-state index < -0.39 is 0 Å². The number of ether oxygens (including phenoxy) is 1. The molecule has 3 rings (SSSR count). The summed E-state index contributed by atoms with van der Waals surface area (Å²) in [6, 6.07) is 5.55. The van der Waals surface area contributed by atoms with Crippen LogP contribution in [-0.2, 0) is 0 Å². The van der Waals surface area contributed by atoms with E-state index in [1.807, 2.05) is 13.8 Å². The molecule has 2 aromatic heterocycles. The molecule has 0 aliphatic rings. The number of anilines is 5. The third-order valence-electron chi connectivity index (χ3n) is 3.53. The topological polar surface area (TPSA) is 111 Å². The predicted molar refractivity (Wildman–Crippen MR) is 102 cm³/mol. The van der Waals surface area contributed by atoms with Crippen LogP contribution in [0.3, 0.4) is 0 Å². The Morgan fingerprint density at radius 1 is 1.19 bits per heavy atom. The van der Waals surface area contributed by atoms with Gasteiger partial charge in [-0.1, -0.05) is 25.4 Å². The molecule has 0 atom stereocenters. The number of methoxy groups -OCH3 is 1. The lowest BCUT2D eigenvalue weighted by Crippen LogP contribution is -2.03. The first kappa shape index (κ1) is 17.8. The lowest BCUT2D eigenvalue weighted by Gasteiger charge is -2.12. The summed E-state index contributed by atoms with van der Waals surface area (Å²) in [4.78, 5) is 12.7. The third-order valence-corrected chi connectivity index (χ3v) is 3.81. The lowest BCUT2D eigenvalue weighted by molar-refractivity contribution is 0.417. The third kappa shape index (κ3) is 3.97. The molecule has 3 aromatic rings. The molecule has 0 unspecified atom stereocenters. The van der Waals surface area contributed by atoms with Crippen LogP contribution < -0.4 is 21.1 Å². The molecule has 4 N–H and O–H groups in total. The number of rotatable bonds is 6.